The predicted octanol–water partition coefficient (Wildman–Crippen LogP) is 2.01. The van der Waals surface area contributed by atoms with E-state index in [0.717, 1.165) is 52.0 Å². The van der Waals surface area contributed by atoms with Gasteiger partial charge in [-0.2, -0.15) is 5.10 Å². The number of aromatic nitrogens is 2. The lowest BCUT2D eigenvalue weighted by Crippen LogP contribution is -2.56. The molecule has 0 aliphatic carbocycles. The molecule has 5 nitrogen and oxygen atoms in total. The van der Waals surface area contributed by atoms with Gasteiger partial charge in [0, 0.05) is 51.9 Å². The van der Waals surface area contributed by atoms with E-state index in [4.69, 9.17) is 9.47 Å². The first kappa shape index (κ1) is 16.5. The van der Waals surface area contributed by atoms with Crippen LogP contribution in [0.3, 0.4) is 0 Å². The number of hydrogen-bond donors (Lipinski definition) is 1. The van der Waals surface area contributed by atoms with Gasteiger partial charge in [-0.1, -0.05) is 6.92 Å². The van der Waals surface area contributed by atoms with Crippen molar-refractivity contribution in [2.45, 2.75) is 57.7 Å². The molecule has 2 rings (SSSR count). The van der Waals surface area contributed by atoms with Crippen molar-refractivity contribution in [2.24, 2.45) is 0 Å². The van der Waals surface area contributed by atoms with Crippen LogP contribution in [0.4, 0.5) is 0 Å². The van der Waals surface area contributed by atoms with Crippen LogP contribution in [0, 0.1) is 0 Å². The van der Waals surface area contributed by atoms with Gasteiger partial charge in [0.15, 0.2) is 0 Å². The second kappa shape index (κ2) is 7.92. The minimum atomic E-state index is -0.123. The standard InChI is InChI=1S/C16H29N3O2/c1-4-8-17-15(11-14-12-18-19(5-2)13-14)16(20-3)6-9-21-10-7-16/h12-13,15,17H,4-11H2,1-3H3. The molecule has 0 bridgehead atoms. The van der Waals surface area contributed by atoms with Gasteiger partial charge in [0.05, 0.1) is 11.8 Å². The molecule has 1 N–H and O–H groups in total. The third-order valence-corrected chi connectivity index (χ3v) is 4.47. The number of nitrogens with one attached hydrogen (secondary N) is 1. The molecule has 120 valence electrons. The Bertz CT molecular complexity index is 413. The molecule has 2 heterocycles. The first-order chi connectivity index (χ1) is 10.2. The molecule has 1 aromatic rings. The zero-order valence-corrected chi connectivity index (χ0v) is 13.6. The van der Waals surface area contributed by atoms with Crippen LogP contribution in [0.25, 0.3) is 0 Å². The maximum atomic E-state index is 5.97. The van der Waals surface area contributed by atoms with E-state index in [9.17, 15) is 0 Å². The Hall–Kier alpha value is -0.910. The Balaban J connectivity index is 2.11. The van der Waals surface area contributed by atoms with Crippen molar-refractivity contribution in [1.82, 2.24) is 15.1 Å². The van der Waals surface area contributed by atoms with E-state index in [1.54, 1.807) is 0 Å². The maximum absolute atomic E-state index is 5.97. The van der Waals surface area contributed by atoms with Crippen LogP contribution in [0.2, 0.25) is 0 Å². The maximum Gasteiger partial charge on any atom is 0.0877 e. The molecule has 0 amide bonds. The Kier molecular flexibility index (Phi) is 6.21. The van der Waals surface area contributed by atoms with Crippen LogP contribution in [0.15, 0.2) is 12.4 Å². The molecule has 1 aromatic heterocycles. The highest BCUT2D eigenvalue weighted by atomic mass is 16.5. The SMILES string of the molecule is CCCNC(Cc1cnn(CC)c1)C1(OC)CCOCC1. The molecule has 1 unspecified atom stereocenters. The average Bonchev–Trinajstić information content (AvgIpc) is 2.99. The molecule has 1 aliphatic heterocycles. The minimum absolute atomic E-state index is 0.123. The van der Waals surface area contributed by atoms with Crippen molar-refractivity contribution in [1.29, 1.82) is 0 Å². The molecule has 0 radical (unpaired) electrons. The number of methoxy groups -OCH3 is 1. The van der Waals surface area contributed by atoms with Crippen LogP contribution < -0.4 is 5.32 Å². The van der Waals surface area contributed by atoms with Gasteiger partial charge < -0.3 is 14.8 Å². The van der Waals surface area contributed by atoms with E-state index in [0.29, 0.717) is 6.04 Å². The normalized spacial score (nSPS) is 19.6. The second-order valence-electron chi connectivity index (χ2n) is 5.80. The van der Waals surface area contributed by atoms with Gasteiger partial charge in [-0.3, -0.25) is 4.68 Å². The molecular formula is C16H29N3O2. The number of nitrogens with zero attached hydrogens (tertiary/aromatic N) is 2. The van der Waals surface area contributed by atoms with Crippen LogP contribution in [-0.4, -0.2) is 48.3 Å². The van der Waals surface area contributed by atoms with Crippen molar-refractivity contribution < 1.29 is 9.47 Å². The summed E-state index contributed by atoms with van der Waals surface area (Å²) in [5.74, 6) is 0. The number of rotatable bonds is 8. The molecule has 21 heavy (non-hydrogen) atoms. The highest BCUT2D eigenvalue weighted by Gasteiger charge is 2.40. The molecule has 0 saturated carbocycles. The Morgan fingerprint density at radius 2 is 2.19 bits per heavy atom. The fourth-order valence-electron chi connectivity index (χ4n) is 3.09. The number of ether oxygens (including phenoxy) is 2. The molecule has 1 aliphatic rings. The Labute approximate surface area is 128 Å². The summed E-state index contributed by atoms with van der Waals surface area (Å²) in [4.78, 5) is 0. The smallest absolute Gasteiger partial charge is 0.0877 e. The molecule has 0 spiro atoms. The zero-order valence-electron chi connectivity index (χ0n) is 13.6. The van der Waals surface area contributed by atoms with Crippen molar-refractivity contribution in [2.75, 3.05) is 26.9 Å². The number of hydrogen-bond acceptors (Lipinski definition) is 4. The minimum Gasteiger partial charge on any atom is -0.381 e. The van der Waals surface area contributed by atoms with E-state index >= 15 is 0 Å². The van der Waals surface area contributed by atoms with Crippen molar-refractivity contribution in [3.63, 3.8) is 0 Å². The lowest BCUT2D eigenvalue weighted by Gasteiger charge is -2.42. The van der Waals surface area contributed by atoms with Gasteiger partial charge in [0.1, 0.15) is 0 Å². The van der Waals surface area contributed by atoms with E-state index in [2.05, 4.69) is 30.5 Å². The third kappa shape index (κ3) is 4.05. The summed E-state index contributed by atoms with van der Waals surface area (Å²) in [7, 11) is 1.83. The lowest BCUT2D eigenvalue weighted by atomic mass is 9.83. The van der Waals surface area contributed by atoms with Gasteiger partial charge in [0.2, 0.25) is 0 Å². The van der Waals surface area contributed by atoms with E-state index in [1.165, 1.54) is 5.56 Å². The first-order valence-electron chi connectivity index (χ1n) is 8.11. The number of aryl methyl sites for hydroxylation is 1. The quantitative estimate of drug-likeness (QED) is 0.797. The average molecular weight is 295 g/mol. The summed E-state index contributed by atoms with van der Waals surface area (Å²) in [6, 6.07) is 0.306. The molecule has 0 aromatic carbocycles. The topological polar surface area (TPSA) is 48.3 Å². The summed E-state index contributed by atoms with van der Waals surface area (Å²) in [5, 5.41) is 8.07. The zero-order chi connectivity index (χ0) is 15.1. The monoisotopic (exact) mass is 295 g/mol. The highest BCUT2D eigenvalue weighted by Crippen LogP contribution is 2.30. The molecular weight excluding hydrogens is 266 g/mol. The van der Waals surface area contributed by atoms with Crippen LogP contribution in [0.5, 0.6) is 0 Å². The van der Waals surface area contributed by atoms with Crippen molar-refractivity contribution in [3.8, 4) is 0 Å². The third-order valence-electron chi connectivity index (χ3n) is 4.47. The Morgan fingerprint density at radius 1 is 1.43 bits per heavy atom. The second-order valence-corrected chi connectivity index (χ2v) is 5.80. The molecule has 1 saturated heterocycles. The summed E-state index contributed by atoms with van der Waals surface area (Å²) >= 11 is 0. The fourth-order valence-corrected chi connectivity index (χ4v) is 3.09. The molecule has 1 fully saturated rings. The Morgan fingerprint density at radius 3 is 2.76 bits per heavy atom. The van der Waals surface area contributed by atoms with Crippen molar-refractivity contribution >= 4 is 0 Å². The van der Waals surface area contributed by atoms with E-state index in [1.807, 2.05) is 18.0 Å². The first-order valence-corrected chi connectivity index (χ1v) is 8.11. The summed E-state index contributed by atoms with van der Waals surface area (Å²) in [6.07, 6.45) is 8.10. The predicted molar refractivity (Wildman–Crippen MR) is 83.5 cm³/mol. The van der Waals surface area contributed by atoms with Crippen molar-refractivity contribution in [3.05, 3.63) is 18.0 Å². The molecule has 5 heteroatoms. The summed E-state index contributed by atoms with van der Waals surface area (Å²) < 4.78 is 13.5. The van der Waals surface area contributed by atoms with Crippen LogP contribution in [-0.2, 0) is 22.4 Å². The lowest BCUT2D eigenvalue weighted by molar-refractivity contribution is -0.110. The highest BCUT2D eigenvalue weighted by molar-refractivity contribution is 5.10. The van der Waals surface area contributed by atoms with Gasteiger partial charge in [-0.15, -0.1) is 0 Å². The fraction of sp³-hybridized carbons (Fsp3) is 0.812. The van der Waals surface area contributed by atoms with Crippen LogP contribution >= 0.6 is 0 Å². The summed E-state index contributed by atoms with van der Waals surface area (Å²) in [5.41, 5.74) is 1.15. The largest absolute Gasteiger partial charge is 0.381 e. The molecule has 1 atom stereocenters. The van der Waals surface area contributed by atoms with Gasteiger partial charge in [-0.05, 0) is 31.9 Å². The van der Waals surface area contributed by atoms with Gasteiger partial charge in [0.25, 0.3) is 0 Å². The van der Waals surface area contributed by atoms with E-state index in [-0.39, 0.29) is 5.60 Å². The van der Waals surface area contributed by atoms with E-state index < -0.39 is 0 Å². The van der Waals surface area contributed by atoms with Gasteiger partial charge in [-0.25, -0.2) is 0 Å². The summed E-state index contributed by atoms with van der Waals surface area (Å²) in [6.45, 7) is 7.80. The van der Waals surface area contributed by atoms with Crippen LogP contribution in [0.1, 0.15) is 38.7 Å². The van der Waals surface area contributed by atoms with Gasteiger partial charge >= 0.3 is 0 Å².